The molecule has 6 nitrogen and oxygen atoms in total. The van der Waals surface area contributed by atoms with Crippen LogP contribution in [0.25, 0.3) is 11.1 Å². The number of pyridine rings is 1. The van der Waals surface area contributed by atoms with E-state index in [2.05, 4.69) is 16.4 Å². The largest absolute Gasteiger partial charge is 0.495 e. The predicted octanol–water partition coefficient (Wildman–Crippen LogP) is 5.04. The lowest BCUT2D eigenvalue weighted by atomic mass is 10.0. The first-order valence-electron chi connectivity index (χ1n) is 8.32. The van der Waals surface area contributed by atoms with Gasteiger partial charge in [0.1, 0.15) is 11.8 Å². The maximum Gasteiger partial charge on any atom is 0.161 e. The third-order valence-electron chi connectivity index (χ3n) is 4.18. The van der Waals surface area contributed by atoms with Crippen molar-refractivity contribution in [1.29, 1.82) is 5.26 Å². The Morgan fingerprint density at radius 2 is 1.64 bits per heavy atom. The molecule has 0 fully saturated rings. The standard InChI is InChI=1S/C21H18ClN3O3/c1-26-18-7-5-15(22)9-17(18)25-21-14(10-23)11-24-12-16(21)13-4-6-19(27-2)20(8-13)28-3/h4-9,11-12H,1-3H3,(H,24,25). The van der Waals surface area contributed by atoms with Gasteiger partial charge in [-0.05, 0) is 35.9 Å². The van der Waals surface area contributed by atoms with E-state index in [1.807, 2.05) is 12.1 Å². The summed E-state index contributed by atoms with van der Waals surface area (Å²) in [6.07, 6.45) is 3.19. The maximum absolute atomic E-state index is 9.60. The van der Waals surface area contributed by atoms with Gasteiger partial charge in [-0.25, -0.2) is 0 Å². The molecule has 0 aliphatic rings. The number of hydrogen-bond acceptors (Lipinski definition) is 6. The van der Waals surface area contributed by atoms with Gasteiger partial charge in [-0.3, -0.25) is 4.98 Å². The second kappa shape index (κ2) is 8.51. The molecule has 0 aliphatic carbocycles. The van der Waals surface area contributed by atoms with Crippen molar-refractivity contribution in [2.45, 2.75) is 0 Å². The fourth-order valence-corrected chi connectivity index (χ4v) is 2.99. The minimum Gasteiger partial charge on any atom is -0.495 e. The Balaban J connectivity index is 2.15. The molecule has 0 bridgehead atoms. The Bertz CT molecular complexity index is 1050. The summed E-state index contributed by atoms with van der Waals surface area (Å²) in [6.45, 7) is 0. The molecule has 0 spiro atoms. The molecular formula is C21H18ClN3O3. The summed E-state index contributed by atoms with van der Waals surface area (Å²) >= 11 is 6.14. The number of nitrogens with zero attached hydrogens (tertiary/aromatic N) is 2. The van der Waals surface area contributed by atoms with E-state index in [-0.39, 0.29) is 0 Å². The van der Waals surface area contributed by atoms with Gasteiger partial charge in [0, 0.05) is 23.0 Å². The van der Waals surface area contributed by atoms with Crippen LogP contribution in [-0.2, 0) is 0 Å². The van der Waals surface area contributed by atoms with E-state index >= 15 is 0 Å². The second-order valence-electron chi connectivity index (χ2n) is 5.76. The van der Waals surface area contributed by atoms with Crippen molar-refractivity contribution in [2.75, 3.05) is 26.6 Å². The highest BCUT2D eigenvalue weighted by molar-refractivity contribution is 6.31. The van der Waals surface area contributed by atoms with Crippen LogP contribution in [0.2, 0.25) is 5.02 Å². The number of ether oxygens (including phenoxy) is 3. The first-order chi connectivity index (χ1) is 13.6. The number of nitrogens with one attached hydrogen (secondary N) is 1. The topological polar surface area (TPSA) is 76.4 Å². The molecule has 142 valence electrons. The molecule has 1 aromatic heterocycles. The average molecular weight is 396 g/mol. The van der Waals surface area contributed by atoms with Crippen molar-refractivity contribution in [3.05, 3.63) is 59.4 Å². The number of anilines is 2. The lowest BCUT2D eigenvalue weighted by Crippen LogP contribution is -2.00. The number of halogens is 1. The smallest absolute Gasteiger partial charge is 0.161 e. The van der Waals surface area contributed by atoms with Crippen molar-refractivity contribution in [3.63, 3.8) is 0 Å². The van der Waals surface area contributed by atoms with Crippen LogP contribution in [0.4, 0.5) is 11.4 Å². The van der Waals surface area contributed by atoms with Gasteiger partial charge in [0.15, 0.2) is 11.5 Å². The molecule has 2 aromatic carbocycles. The minimum absolute atomic E-state index is 0.384. The summed E-state index contributed by atoms with van der Waals surface area (Å²) in [5.74, 6) is 1.79. The number of hydrogen-bond donors (Lipinski definition) is 1. The molecule has 3 rings (SSSR count). The van der Waals surface area contributed by atoms with Crippen molar-refractivity contribution in [3.8, 4) is 34.4 Å². The summed E-state index contributed by atoms with van der Waals surface area (Å²) in [5, 5.41) is 13.4. The van der Waals surface area contributed by atoms with Crippen LogP contribution in [0, 0.1) is 11.3 Å². The summed E-state index contributed by atoms with van der Waals surface area (Å²) < 4.78 is 16.1. The summed E-state index contributed by atoms with van der Waals surface area (Å²) in [6, 6.07) is 12.9. The zero-order valence-corrected chi connectivity index (χ0v) is 16.4. The van der Waals surface area contributed by atoms with Crippen LogP contribution in [-0.4, -0.2) is 26.3 Å². The molecule has 0 amide bonds. The fraction of sp³-hybridized carbons (Fsp3) is 0.143. The monoisotopic (exact) mass is 395 g/mol. The molecule has 1 N–H and O–H groups in total. The van der Waals surface area contributed by atoms with Crippen LogP contribution in [0.5, 0.6) is 17.2 Å². The van der Waals surface area contributed by atoms with Gasteiger partial charge in [0.05, 0.1) is 38.3 Å². The maximum atomic E-state index is 9.60. The second-order valence-corrected chi connectivity index (χ2v) is 6.20. The van der Waals surface area contributed by atoms with E-state index < -0.39 is 0 Å². The SMILES string of the molecule is COc1ccc(Cl)cc1Nc1c(C#N)cncc1-c1ccc(OC)c(OC)c1. The zero-order chi connectivity index (χ0) is 20.1. The summed E-state index contributed by atoms with van der Waals surface area (Å²) in [4.78, 5) is 4.20. The number of aromatic nitrogens is 1. The normalized spacial score (nSPS) is 10.1. The van der Waals surface area contributed by atoms with Crippen molar-refractivity contribution in [1.82, 2.24) is 4.98 Å². The average Bonchev–Trinajstić information content (AvgIpc) is 2.73. The first-order valence-corrected chi connectivity index (χ1v) is 8.70. The quantitative estimate of drug-likeness (QED) is 0.629. The van der Waals surface area contributed by atoms with Crippen molar-refractivity contribution in [2.24, 2.45) is 0 Å². The van der Waals surface area contributed by atoms with Crippen LogP contribution >= 0.6 is 11.6 Å². The Morgan fingerprint density at radius 1 is 0.929 bits per heavy atom. The van der Waals surface area contributed by atoms with Gasteiger partial charge in [0.2, 0.25) is 0 Å². The highest BCUT2D eigenvalue weighted by Gasteiger charge is 2.16. The van der Waals surface area contributed by atoms with E-state index in [1.54, 1.807) is 51.8 Å². The number of nitriles is 1. The molecule has 0 atom stereocenters. The number of benzene rings is 2. The molecule has 3 aromatic rings. The molecule has 0 aliphatic heterocycles. The van der Waals surface area contributed by atoms with Gasteiger partial charge in [0.25, 0.3) is 0 Å². The minimum atomic E-state index is 0.384. The molecule has 0 radical (unpaired) electrons. The Kier molecular flexibility index (Phi) is 5.87. The Morgan fingerprint density at radius 3 is 2.32 bits per heavy atom. The highest BCUT2D eigenvalue weighted by Crippen LogP contribution is 2.39. The van der Waals surface area contributed by atoms with Crippen LogP contribution in [0.1, 0.15) is 5.56 Å². The highest BCUT2D eigenvalue weighted by atomic mass is 35.5. The van der Waals surface area contributed by atoms with E-state index in [0.717, 1.165) is 11.1 Å². The lowest BCUT2D eigenvalue weighted by molar-refractivity contribution is 0.355. The van der Waals surface area contributed by atoms with E-state index in [4.69, 9.17) is 25.8 Å². The fourth-order valence-electron chi connectivity index (χ4n) is 2.82. The third kappa shape index (κ3) is 3.80. The Labute approximate surface area is 168 Å². The van der Waals surface area contributed by atoms with Gasteiger partial charge >= 0.3 is 0 Å². The first kappa shape index (κ1) is 19.3. The van der Waals surface area contributed by atoms with Gasteiger partial charge in [-0.15, -0.1) is 0 Å². The van der Waals surface area contributed by atoms with Crippen molar-refractivity contribution >= 4 is 23.0 Å². The molecule has 0 saturated heterocycles. The predicted molar refractivity (Wildman–Crippen MR) is 109 cm³/mol. The molecule has 0 saturated carbocycles. The summed E-state index contributed by atoms with van der Waals surface area (Å²) in [5.41, 5.74) is 3.15. The molecule has 0 unspecified atom stereocenters. The molecule has 28 heavy (non-hydrogen) atoms. The van der Waals surface area contributed by atoms with Gasteiger partial charge in [-0.1, -0.05) is 17.7 Å². The van der Waals surface area contributed by atoms with E-state index in [0.29, 0.717) is 39.2 Å². The Hall–Kier alpha value is -3.43. The molecular weight excluding hydrogens is 378 g/mol. The summed E-state index contributed by atoms with van der Waals surface area (Å²) in [7, 11) is 4.72. The molecule has 7 heteroatoms. The van der Waals surface area contributed by atoms with Crippen molar-refractivity contribution < 1.29 is 14.2 Å². The number of rotatable bonds is 6. The van der Waals surface area contributed by atoms with Crippen LogP contribution in [0.3, 0.4) is 0 Å². The van der Waals surface area contributed by atoms with Crippen LogP contribution in [0.15, 0.2) is 48.8 Å². The van der Waals surface area contributed by atoms with E-state index in [1.165, 1.54) is 6.20 Å². The lowest BCUT2D eigenvalue weighted by Gasteiger charge is -2.17. The zero-order valence-electron chi connectivity index (χ0n) is 15.6. The molecule has 1 heterocycles. The third-order valence-corrected chi connectivity index (χ3v) is 4.42. The van der Waals surface area contributed by atoms with E-state index in [9.17, 15) is 5.26 Å². The number of methoxy groups -OCH3 is 3. The van der Waals surface area contributed by atoms with Crippen LogP contribution < -0.4 is 19.5 Å². The van der Waals surface area contributed by atoms with Gasteiger partial charge < -0.3 is 19.5 Å². The van der Waals surface area contributed by atoms with Gasteiger partial charge in [-0.2, -0.15) is 5.26 Å².